The van der Waals surface area contributed by atoms with Crippen molar-refractivity contribution in [3.63, 3.8) is 0 Å². The van der Waals surface area contributed by atoms with E-state index < -0.39 is 4.92 Å². The Bertz CT molecular complexity index is 646. The van der Waals surface area contributed by atoms with Crippen molar-refractivity contribution in [1.82, 2.24) is 4.98 Å². The number of nitrogens with zero attached hydrogens (tertiary/aromatic N) is 2. The molecule has 21 heavy (non-hydrogen) atoms. The van der Waals surface area contributed by atoms with Crippen molar-refractivity contribution < 1.29 is 10.0 Å². The van der Waals surface area contributed by atoms with Crippen molar-refractivity contribution in [1.29, 1.82) is 0 Å². The van der Waals surface area contributed by atoms with Gasteiger partial charge in [-0.15, -0.1) is 0 Å². The molecule has 0 unspecified atom stereocenters. The van der Waals surface area contributed by atoms with Crippen molar-refractivity contribution in [2.75, 3.05) is 17.7 Å². The highest BCUT2D eigenvalue weighted by atomic mass is 16.6. The fourth-order valence-electron chi connectivity index (χ4n) is 1.97. The van der Waals surface area contributed by atoms with Crippen LogP contribution in [0.3, 0.4) is 0 Å². The predicted octanol–water partition coefficient (Wildman–Crippen LogP) is 2.14. The molecule has 0 bridgehead atoms. The average Bonchev–Trinajstić information content (AvgIpc) is 2.52. The third kappa shape index (κ3) is 3.46. The van der Waals surface area contributed by atoms with Crippen LogP contribution in [-0.4, -0.2) is 22.1 Å². The molecule has 0 saturated carbocycles. The van der Waals surface area contributed by atoms with E-state index in [1.807, 2.05) is 0 Å². The number of rotatable bonds is 6. The lowest BCUT2D eigenvalue weighted by atomic mass is 10.1. The van der Waals surface area contributed by atoms with Gasteiger partial charge in [0.1, 0.15) is 5.69 Å². The van der Waals surface area contributed by atoms with Crippen LogP contribution in [0.15, 0.2) is 36.7 Å². The van der Waals surface area contributed by atoms with Crippen LogP contribution in [0.2, 0.25) is 0 Å². The highest BCUT2D eigenvalue weighted by Gasteiger charge is 2.13. The fourth-order valence-corrected chi connectivity index (χ4v) is 1.97. The number of aliphatic hydroxyl groups excluding tert-OH is 1. The van der Waals surface area contributed by atoms with Crippen molar-refractivity contribution in [2.24, 2.45) is 0 Å². The van der Waals surface area contributed by atoms with Crippen LogP contribution in [0.1, 0.15) is 11.1 Å². The monoisotopic (exact) mass is 288 g/mol. The average molecular weight is 288 g/mol. The van der Waals surface area contributed by atoms with Gasteiger partial charge >= 0.3 is 0 Å². The third-order valence-corrected chi connectivity index (χ3v) is 3.09. The molecule has 7 nitrogen and oxygen atoms in total. The number of nitro benzene ring substituents is 1. The quantitative estimate of drug-likeness (QED) is 0.556. The van der Waals surface area contributed by atoms with Gasteiger partial charge in [0, 0.05) is 31.4 Å². The summed E-state index contributed by atoms with van der Waals surface area (Å²) in [6.45, 7) is 0.313. The van der Waals surface area contributed by atoms with E-state index in [1.165, 1.54) is 6.07 Å². The molecular weight excluding hydrogens is 272 g/mol. The number of anilines is 2. The van der Waals surface area contributed by atoms with Crippen LogP contribution in [0.25, 0.3) is 0 Å². The molecule has 110 valence electrons. The smallest absolute Gasteiger partial charge is 0.292 e. The van der Waals surface area contributed by atoms with Crippen LogP contribution in [-0.2, 0) is 13.2 Å². The Balaban J connectivity index is 2.17. The van der Waals surface area contributed by atoms with E-state index in [0.29, 0.717) is 17.9 Å². The summed E-state index contributed by atoms with van der Waals surface area (Å²) in [6.07, 6.45) is 3.21. The Morgan fingerprint density at radius 2 is 2.14 bits per heavy atom. The molecule has 0 fully saturated rings. The maximum Gasteiger partial charge on any atom is 0.292 e. The van der Waals surface area contributed by atoms with Crippen LogP contribution in [0.5, 0.6) is 0 Å². The highest BCUT2D eigenvalue weighted by molar-refractivity contribution is 5.62. The second-order valence-electron chi connectivity index (χ2n) is 4.40. The molecule has 0 saturated heterocycles. The zero-order valence-corrected chi connectivity index (χ0v) is 11.5. The number of nitrogens with one attached hydrogen (secondary N) is 2. The Morgan fingerprint density at radius 1 is 1.33 bits per heavy atom. The van der Waals surface area contributed by atoms with E-state index >= 15 is 0 Å². The molecule has 1 aromatic heterocycles. The number of hydrogen-bond acceptors (Lipinski definition) is 6. The van der Waals surface area contributed by atoms with Crippen LogP contribution in [0.4, 0.5) is 17.1 Å². The Hall–Kier alpha value is -2.67. The largest absolute Gasteiger partial charge is 0.392 e. The first-order chi connectivity index (χ1) is 10.2. The van der Waals surface area contributed by atoms with Gasteiger partial charge in [0.05, 0.1) is 23.4 Å². The van der Waals surface area contributed by atoms with Gasteiger partial charge in [-0.1, -0.05) is 6.07 Å². The van der Waals surface area contributed by atoms with Crippen LogP contribution < -0.4 is 10.6 Å². The molecule has 0 aliphatic carbocycles. The van der Waals surface area contributed by atoms with E-state index in [1.54, 1.807) is 37.6 Å². The summed E-state index contributed by atoms with van der Waals surface area (Å²) in [6, 6.07) is 6.72. The maximum atomic E-state index is 11.0. The van der Waals surface area contributed by atoms with Crippen molar-refractivity contribution >= 4 is 17.1 Å². The first-order valence-corrected chi connectivity index (χ1v) is 6.38. The SMILES string of the molecule is CNc1ccc(CNc2cnccc2CO)cc1[N+](=O)[O-]. The Kier molecular flexibility index (Phi) is 4.68. The molecule has 0 aliphatic heterocycles. The topological polar surface area (TPSA) is 100 Å². The van der Waals surface area contributed by atoms with Crippen molar-refractivity contribution in [3.05, 3.63) is 57.9 Å². The minimum Gasteiger partial charge on any atom is -0.392 e. The summed E-state index contributed by atoms with van der Waals surface area (Å²) in [5.74, 6) is 0. The van der Waals surface area contributed by atoms with Gasteiger partial charge in [0.25, 0.3) is 5.69 Å². The molecule has 1 aromatic carbocycles. The Labute approximate surface area is 121 Å². The fraction of sp³-hybridized carbons (Fsp3) is 0.214. The van der Waals surface area contributed by atoms with Gasteiger partial charge in [-0.05, 0) is 17.7 Å². The molecule has 0 aliphatic rings. The summed E-state index contributed by atoms with van der Waals surface area (Å²) < 4.78 is 0. The molecule has 0 amide bonds. The molecule has 0 spiro atoms. The van der Waals surface area contributed by atoms with Crippen molar-refractivity contribution in [2.45, 2.75) is 13.2 Å². The molecule has 2 rings (SSSR count). The second-order valence-corrected chi connectivity index (χ2v) is 4.40. The van der Waals surface area contributed by atoms with Crippen molar-refractivity contribution in [3.8, 4) is 0 Å². The van der Waals surface area contributed by atoms with E-state index in [0.717, 1.165) is 11.1 Å². The summed E-state index contributed by atoms with van der Waals surface area (Å²) in [4.78, 5) is 14.6. The lowest BCUT2D eigenvalue weighted by Gasteiger charge is -2.10. The van der Waals surface area contributed by atoms with Gasteiger partial charge in [0.2, 0.25) is 0 Å². The van der Waals surface area contributed by atoms with E-state index in [9.17, 15) is 15.2 Å². The van der Waals surface area contributed by atoms with Gasteiger partial charge in [0.15, 0.2) is 0 Å². The van der Waals surface area contributed by atoms with E-state index in [-0.39, 0.29) is 12.3 Å². The van der Waals surface area contributed by atoms with Gasteiger partial charge in [-0.2, -0.15) is 0 Å². The lowest BCUT2D eigenvalue weighted by molar-refractivity contribution is -0.384. The van der Waals surface area contributed by atoms with E-state index in [2.05, 4.69) is 15.6 Å². The van der Waals surface area contributed by atoms with Gasteiger partial charge in [-0.25, -0.2) is 0 Å². The molecule has 1 heterocycles. The molecule has 7 heteroatoms. The minimum absolute atomic E-state index is 0.0327. The zero-order chi connectivity index (χ0) is 15.2. The summed E-state index contributed by atoms with van der Waals surface area (Å²) in [5, 5.41) is 26.2. The van der Waals surface area contributed by atoms with Crippen LogP contribution >= 0.6 is 0 Å². The highest BCUT2D eigenvalue weighted by Crippen LogP contribution is 2.25. The lowest BCUT2D eigenvalue weighted by Crippen LogP contribution is -2.04. The second kappa shape index (κ2) is 6.67. The summed E-state index contributed by atoms with van der Waals surface area (Å²) >= 11 is 0. The van der Waals surface area contributed by atoms with E-state index in [4.69, 9.17) is 0 Å². The maximum absolute atomic E-state index is 11.0. The number of hydrogen-bond donors (Lipinski definition) is 3. The molecular formula is C14H16N4O3. The Morgan fingerprint density at radius 3 is 2.81 bits per heavy atom. The third-order valence-electron chi connectivity index (χ3n) is 3.09. The minimum atomic E-state index is -0.418. The number of aliphatic hydroxyl groups is 1. The zero-order valence-electron chi connectivity index (χ0n) is 11.5. The number of pyridine rings is 1. The first-order valence-electron chi connectivity index (χ1n) is 6.38. The number of benzene rings is 1. The predicted molar refractivity (Wildman–Crippen MR) is 80.1 cm³/mol. The van der Waals surface area contributed by atoms with Gasteiger partial charge in [-0.3, -0.25) is 15.1 Å². The first kappa shape index (κ1) is 14.7. The normalized spacial score (nSPS) is 10.2. The molecule has 0 atom stereocenters. The number of nitro groups is 1. The standard InChI is InChI=1S/C14H16N4O3/c1-15-12-3-2-10(6-14(12)18(20)21)7-17-13-8-16-5-4-11(13)9-19/h2-6,8,15,17,19H,7,9H2,1H3. The summed E-state index contributed by atoms with van der Waals surface area (Å²) in [5.41, 5.74) is 2.71. The van der Waals surface area contributed by atoms with Crippen LogP contribution in [0, 0.1) is 10.1 Å². The molecule has 0 radical (unpaired) electrons. The molecule has 3 N–H and O–H groups in total. The number of aromatic nitrogens is 1. The molecule has 2 aromatic rings. The van der Waals surface area contributed by atoms with Gasteiger partial charge < -0.3 is 15.7 Å². The summed E-state index contributed by atoms with van der Waals surface area (Å²) in [7, 11) is 1.64.